The molecule has 0 aliphatic carbocycles. The summed E-state index contributed by atoms with van der Waals surface area (Å²) in [5, 5.41) is 9.35. The standard InChI is InChI=1S/C15H21NO3/c1-11-6-4-3-5-9-16(11)14-10-12(19-2)7-8-13(14)15(17)18/h7-8,10-11H,3-6,9H2,1-2H3,(H,17,18). The van der Waals surface area contributed by atoms with Crippen molar-refractivity contribution in [2.45, 2.75) is 38.6 Å². The Morgan fingerprint density at radius 3 is 2.84 bits per heavy atom. The molecule has 1 aromatic carbocycles. The fraction of sp³-hybridized carbons (Fsp3) is 0.533. The van der Waals surface area contributed by atoms with E-state index < -0.39 is 5.97 Å². The summed E-state index contributed by atoms with van der Waals surface area (Å²) in [6.45, 7) is 3.07. The molecule has 1 atom stereocenters. The minimum atomic E-state index is -0.880. The van der Waals surface area contributed by atoms with E-state index in [4.69, 9.17) is 4.74 Å². The maximum Gasteiger partial charge on any atom is 0.337 e. The highest BCUT2D eigenvalue weighted by atomic mass is 16.5. The van der Waals surface area contributed by atoms with Crippen molar-refractivity contribution in [3.63, 3.8) is 0 Å². The maximum atomic E-state index is 11.4. The lowest BCUT2D eigenvalue weighted by molar-refractivity contribution is 0.0697. The van der Waals surface area contributed by atoms with Crippen molar-refractivity contribution >= 4 is 11.7 Å². The topological polar surface area (TPSA) is 49.8 Å². The zero-order valence-electron chi connectivity index (χ0n) is 11.6. The number of anilines is 1. The number of carboxylic acids is 1. The summed E-state index contributed by atoms with van der Waals surface area (Å²) in [7, 11) is 1.60. The van der Waals surface area contributed by atoms with E-state index in [1.807, 2.05) is 6.07 Å². The number of carboxylic acid groups (broad SMARTS) is 1. The van der Waals surface area contributed by atoms with E-state index in [9.17, 15) is 9.90 Å². The Balaban J connectivity index is 2.41. The van der Waals surface area contributed by atoms with E-state index in [1.54, 1.807) is 19.2 Å². The van der Waals surface area contributed by atoms with Crippen LogP contribution in [0.5, 0.6) is 5.75 Å². The molecule has 0 saturated carbocycles. The number of benzene rings is 1. The molecule has 0 spiro atoms. The van der Waals surface area contributed by atoms with E-state index in [2.05, 4.69) is 11.8 Å². The van der Waals surface area contributed by atoms with Crippen LogP contribution in [0.15, 0.2) is 18.2 Å². The molecular formula is C15H21NO3. The molecule has 0 aromatic heterocycles. The van der Waals surface area contributed by atoms with E-state index in [0.29, 0.717) is 17.4 Å². The van der Waals surface area contributed by atoms with E-state index in [1.165, 1.54) is 12.8 Å². The average Bonchev–Trinajstić information content (AvgIpc) is 2.62. The third kappa shape index (κ3) is 3.00. The Bertz CT molecular complexity index is 459. The summed E-state index contributed by atoms with van der Waals surface area (Å²) >= 11 is 0. The molecule has 2 rings (SSSR count). The lowest BCUT2D eigenvalue weighted by atomic mass is 10.1. The molecule has 4 nitrogen and oxygen atoms in total. The van der Waals surface area contributed by atoms with E-state index in [0.717, 1.165) is 25.1 Å². The zero-order valence-corrected chi connectivity index (χ0v) is 11.6. The Morgan fingerprint density at radius 2 is 2.16 bits per heavy atom. The molecule has 0 amide bonds. The van der Waals surface area contributed by atoms with Gasteiger partial charge in [0.15, 0.2) is 0 Å². The predicted octanol–water partition coefficient (Wildman–Crippen LogP) is 3.16. The molecule has 1 fully saturated rings. The second kappa shape index (κ2) is 5.95. The lowest BCUT2D eigenvalue weighted by Crippen LogP contribution is -2.33. The molecule has 1 heterocycles. The van der Waals surface area contributed by atoms with E-state index in [-0.39, 0.29) is 0 Å². The lowest BCUT2D eigenvalue weighted by Gasteiger charge is -2.30. The number of methoxy groups -OCH3 is 1. The van der Waals surface area contributed by atoms with Crippen LogP contribution in [0.4, 0.5) is 5.69 Å². The monoisotopic (exact) mass is 263 g/mol. The molecule has 1 aromatic rings. The van der Waals surface area contributed by atoms with Crippen LogP contribution >= 0.6 is 0 Å². The van der Waals surface area contributed by atoms with Crippen LogP contribution in [-0.4, -0.2) is 30.8 Å². The minimum Gasteiger partial charge on any atom is -0.497 e. The summed E-state index contributed by atoms with van der Waals surface area (Å²) in [6.07, 6.45) is 4.65. The molecule has 1 unspecified atom stereocenters. The van der Waals surface area contributed by atoms with Gasteiger partial charge in [-0.3, -0.25) is 0 Å². The first kappa shape index (κ1) is 13.7. The van der Waals surface area contributed by atoms with Crippen molar-refractivity contribution in [2.24, 2.45) is 0 Å². The molecule has 1 aliphatic rings. The first-order valence-corrected chi connectivity index (χ1v) is 6.81. The highest BCUT2D eigenvalue weighted by Crippen LogP contribution is 2.30. The summed E-state index contributed by atoms with van der Waals surface area (Å²) in [6, 6.07) is 5.54. The number of ether oxygens (including phenoxy) is 1. The second-order valence-corrected chi connectivity index (χ2v) is 5.08. The summed E-state index contributed by atoms with van der Waals surface area (Å²) < 4.78 is 5.23. The number of nitrogens with zero attached hydrogens (tertiary/aromatic N) is 1. The minimum absolute atomic E-state index is 0.356. The van der Waals surface area contributed by atoms with Crippen molar-refractivity contribution < 1.29 is 14.6 Å². The van der Waals surface area contributed by atoms with Crippen LogP contribution in [0.1, 0.15) is 43.0 Å². The Hall–Kier alpha value is -1.71. The SMILES string of the molecule is COc1ccc(C(=O)O)c(N2CCCCCC2C)c1. The molecule has 1 N–H and O–H groups in total. The average molecular weight is 263 g/mol. The smallest absolute Gasteiger partial charge is 0.337 e. The van der Waals surface area contributed by atoms with Gasteiger partial charge in [0.25, 0.3) is 0 Å². The van der Waals surface area contributed by atoms with Gasteiger partial charge in [-0.15, -0.1) is 0 Å². The molecule has 19 heavy (non-hydrogen) atoms. The van der Waals surface area contributed by atoms with Crippen LogP contribution in [0.3, 0.4) is 0 Å². The van der Waals surface area contributed by atoms with E-state index >= 15 is 0 Å². The third-order valence-electron chi connectivity index (χ3n) is 3.80. The number of rotatable bonds is 3. The fourth-order valence-electron chi connectivity index (χ4n) is 2.69. The molecule has 104 valence electrons. The summed E-state index contributed by atoms with van der Waals surface area (Å²) in [5.41, 5.74) is 1.14. The molecule has 4 heteroatoms. The number of aromatic carboxylic acids is 1. The first-order chi connectivity index (χ1) is 9.13. The Morgan fingerprint density at radius 1 is 1.37 bits per heavy atom. The predicted molar refractivity (Wildman–Crippen MR) is 75.2 cm³/mol. The van der Waals surface area contributed by atoms with Gasteiger partial charge in [-0.25, -0.2) is 4.79 Å². The third-order valence-corrected chi connectivity index (χ3v) is 3.80. The van der Waals surface area contributed by atoms with Crippen LogP contribution in [0.25, 0.3) is 0 Å². The van der Waals surface area contributed by atoms with Gasteiger partial charge in [-0.2, -0.15) is 0 Å². The van der Waals surface area contributed by atoms with Gasteiger partial charge in [-0.1, -0.05) is 12.8 Å². The highest BCUT2D eigenvalue weighted by Gasteiger charge is 2.22. The van der Waals surface area contributed by atoms with Gasteiger partial charge in [-0.05, 0) is 31.9 Å². The molecule has 1 saturated heterocycles. The van der Waals surface area contributed by atoms with Crippen LogP contribution < -0.4 is 9.64 Å². The number of carbonyl (C=O) groups is 1. The number of hydrogen-bond acceptors (Lipinski definition) is 3. The van der Waals surface area contributed by atoms with Gasteiger partial charge in [0.05, 0.1) is 18.4 Å². The highest BCUT2D eigenvalue weighted by molar-refractivity contribution is 5.95. The van der Waals surface area contributed by atoms with Crippen molar-refractivity contribution in [3.05, 3.63) is 23.8 Å². The van der Waals surface area contributed by atoms with Crippen molar-refractivity contribution in [2.75, 3.05) is 18.6 Å². The zero-order chi connectivity index (χ0) is 13.8. The van der Waals surface area contributed by atoms with Crippen molar-refractivity contribution in [1.82, 2.24) is 0 Å². The van der Waals surface area contributed by atoms with Gasteiger partial charge in [0.1, 0.15) is 5.75 Å². The van der Waals surface area contributed by atoms with Gasteiger partial charge >= 0.3 is 5.97 Å². The molecule has 1 aliphatic heterocycles. The van der Waals surface area contributed by atoms with Crippen molar-refractivity contribution in [1.29, 1.82) is 0 Å². The second-order valence-electron chi connectivity index (χ2n) is 5.08. The van der Waals surface area contributed by atoms with Crippen molar-refractivity contribution in [3.8, 4) is 5.75 Å². The van der Waals surface area contributed by atoms with Crippen LogP contribution in [-0.2, 0) is 0 Å². The quantitative estimate of drug-likeness (QED) is 0.910. The summed E-state index contributed by atoms with van der Waals surface area (Å²) in [4.78, 5) is 13.6. The fourth-order valence-corrected chi connectivity index (χ4v) is 2.69. The largest absolute Gasteiger partial charge is 0.497 e. The van der Waals surface area contributed by atoms with Crippen LogP contribution in [0.2, 0.25) is 0 Å². The first-order valence-electron chi connectivity index (χ1n) is 6.81. The van der Waals surface area contributed by atoms with Gasteiger partial charge < -0.3 is 14.7 Å². The molecule has 0 bridgehead atoms. The number of hydrogen-bond donors (Lipinski definition) is 1. The van der Waals surface area contributed by atoms with Gasteiger partial charge in [0, 0.05) is 18.7 Å². The molecular weight excluding hydrogens is 242 g/mol. The Kier molecular flexibility index (Phi) is 4.30. The Labute approximate surface area is 114 Å². The molecule has 0 radical (unpaired) electrons. The van der Waals surface area contributed by atoms with Gasteiger partial charge in [0.2, 0.25) is 0 Å². The maximum absolute atomic E-state index is 11.4. The summed E-state index contributed by atoms with van der Waals surface area (Å²) in [5.74, 6) is -0.175. The normalized spacial score (nSPS) is 19.9. The van der Waals surface area contributed by atoms with Crippen LogP contribution in [0, 0.1) is 0 Å².